The number of para-hydroxylation sites is 3. The zero-order valence-corrected chi connectivity index (χ0v) is 12.5. The van der Waals surface area contributed by atoms with Crippen LogP contribution in [0.3, 0.4) is 0 Å². The summed E-state index contributed by atoms with van der Waals surface area (Å²) in [5, 5.41) is 5.18. The van der Waals surface area contributed by atoms with E-state index in [1.54, 1.807) is 16.7 Å². The molecule has 2 aromatic carbocycles. The number of hydrogen-bond donors (Lipinski definition) is 2. The smallest absolute Gasteiger partial charge is 0.250 e. The summed E-state index contributed by atoms with van der Waals surface area (Å²) < 4.78 is 15.3. The molecule has 2 N–H and O–H groups in total. The number of amides is 2. The van der Waals surface area contributed by atoms with Crippen LogP contribution in [0.25, 0.3) is 11.0 Å². The normalized spacial score (nSPS) is 16.0. The number of rotatable bonds is 3. The highest BCUT2D eigenvalue weighted by Gasteiger charge is 2.34. The second-order valence-corrected chi connectivity index (χ2v) is 5.53. The van der Waals surface area contributed by atoms with Crippen LogP contribution in [-0.2, 0) is 9.59 Å². The monoisotopic (exact) mass is 324 g/mol. The van der Waals surface area contributed by atoms with Crippen LogP contribution in [0.4, 0.5) is 16.0 Å². The first-order valence-corrected chi connectivity index (χ1v) is 7.46. The van der Waals surface area contributed by atoms with Crippen LogP contribution in [0.15, 0.2) is 48.5 Å². The molecule has 1 aromatic heterocycles. The van der Waals surface area contributed by atoms with Crippen LogP contribution in [0.2, 0.25) is 0 Å². The molecule has 1 aliphatic heterocycles. The van der Waals surface area contributed by atoms with Gasteiger partial charge in [-0.2, -0.15) is 0 Å². The number of benzene rings is 2. The summed E-state index contributed by atoms with van der Waals surface area (Å²) in [6.45, 7) is 0. The SMILES string of the molecule is O=C(CC1C(=O)Nc2nc3ccccc3n21)Nc1ccccc1F. The number of anilines is 2. The molecule has 24 heavy (non-hydrogen) atoms. The van der Waals surface area contributed by atoms with Gasteiger partial charge in [-0.05, 0) is 24.3 Å². The third kappa shape index (κ3) is 2.30. The van der Waals surface area contributed by atoms with Gasteiger partial charge in [0.15, 0.2) is 0 Å². The Morgan fingerprint density at radius 2 is 1.96 bits per heavy atom. The van der Waals surface area contributed by atoms with Crippen molar-refractivity contribution >= 4 is 34.5 Å². The number of carbonyl (C=O) groups excluding carboxylic acids is 2. The second kappa shape index (κ2) is 5.45. The van der Waals surface area contributed by atoms with Crippen LogP contribution in [0.1, 0.15) is 12.5 Å². The van der Waals surface area contributed by atoms with Crippen LogP contribution in [0, 0.1) is 5.82 Å². The molecule has 0 saturated heterocycles. The number of hydrogen-bond acceptors (Lipinski definition) is 3. The third-order valence-electron chi connectivity index (χ3n) is 3.97. The molecule has 6 nitrogen and oxygen atoms in total. The van der Waals surface area contributed by atoms with Gasteiger partial charge in [0, 0.05) is 0 Å². The van der Waals surface area contributed by atoms with Crippen LogP contribution >= 0.6 is 0 Å². The summed E-state index contributed by atoms with van der Waals surface area (Å²) >= 11 is 0. The molecule has 3 aromatic rings. The molecular formula is C17H13FN4O2. The van der Waals surface area contributed by atoms with Gasteiger partial charge in [0.2, 0.25) is 17.8 Å². The van der Waals surface area contributed by atoms with E-state index >= 15 is 0 Å². The Morgan fingerprint density at radius 3 is 2.79 bits per heavy atom. The minimum absolute atomic E-state index is 0.0941. The molecule has 0 aliphatic carbocycles. The molecule has 1 atom stereocenters. The van der Waals surface area contributed by atoms with Gasteiger partial charge in [-0.1, -0.05) is 24.3 Å². The van der Waals surface area contributed by atoms with E-state index in [0.717, 1.165) is 11.0 Å². The van der Waals surface area contributed by atoms with E-state index in [4.69, 9.17) is 0 Å². The summed E-state index contributed by atoms with van der Waals surface area (Å²) in [5.74, 6) is -0.835. The molecule has 1 unspecified atom stereocenters. The molecule has 2 heterocycles. The lowest BCUT2D eigenvalue weighted by molar-refractivity contribution is -0.123. The number of nitrogens with one attached hydrogen (secondary N) is 2. The maximum Gasteiger partial charge on any atom is 0.250 e. The fraction of sp³-hybridized carbons (Fsp3) is 0.118. The van der Waals surface area contributed by atoms with Gasteiger partial charge >= 0.3 is 0 Å². The van der Waals surface area contributed by atoms with E-state index in [1.807, 2.05) is 24.3 Å². The van der Waals surface area contributed by atoms with E-state index in [2.05, 4.69) is 15.6 Å². The van der Waals surface area contributed by atoms with E-state index in [1.165, 1.54) is 12.1 Å². The number of imidazole rings is 1. The number of fused-ring (bicyclic) bond motifs is 3. The molecule has 1 aliphatic rings. The van der Waals surface area contributed by atoms with Gasteiger partial charge in [0.25, 0.3) is 0 Å². The highest BCUT2D eigenvalue weighted by atomic mass is 19.1. The van der Waals surface area contributed by atoms with Crippen molar-refractivity contribution in [2.24, 2.45) is 0 Å². The fourth-order valence-corrected chi connectivity index (χ4v) is 2.88. The molecule has 7 heteroatoms. The van der Waals surface area contributed by atoms with Gasteiger partial charge in [0.05, 0.1) is 23.1 Å². The van der Waals surface area contributed by atoms with Crippen molar-refractivity contribution in [2.45, 2.75) is 12.5 Å². The van der Waals surface area contributed by atoms with Crippen molar-refractivity contribution < 1.29 is 14.0 Å². The first-order valence-electron chi connectivity index (χ1n) is 7.46. The summed E-state index contributed by atoms with van der Waals surface area (Å²) in [5.41, 5.74) is 1.61. The van der Waals surface area contributed by atoms with Crippen LogP contribution in [0.5, 0.6) is 0 Å². The number of aromatic nitrogens is 2. The van der Waals surface area contributed by atoms with E-state index < -0.39 is 17.8 Å². The van der Waals surface area contributed by atoms with Crippen molar-refractivity contribution in [1.29, 1.82) is 0 Å². The summed E-state index contributed by atoms with van der Waals surface area (Å²) in [4.78, 5) is 28.7. The summed E-state index contributed by atoms with van der Waals surface area (Å²) in [6.07, 6.45) is -0.104. The Bertz CT molecular complexity index is 966. The van der Waals surface area contributed by atoms with Crippen molar-refractivity contribution in [3.63, 3.8) is 0 Å². The van der Waals surface area contributed by atoms with Gasteiger partial charge in [-0.3, -0.25) is 19.5 Å². The average molecular weight is 324 g/mol. The highest BCUT2D eigenvalue weighted by Crippen LogP contribution is 2.32. The van der Waals surface area contributed by atoms with E-state index in [0.29, 0.717) is 5.95 Å². The Labute approximate surface area is 136 Å². The fourth-order valence-electron chi connectivity index (χ4n) is 2.88. The van der Waals surface area contributed by atoms with Crippen molar-refractivity contribution in [3.8, 4) is 0 Å². The molecule has 0 bridgehead atoms. The lowest BCUT2D eigenvalue weighted by Crippen LogP contribution is -2.23. The minimum atomic E-state index is -0.709. The van der Waals surface area contributed by atoms with Crippen LogP contribution < -0.4 is 10.6 Å². The van der Waals surface area contributed by atoms with Gasteiger partial charge in [-0.15, -0.1) is 0 Å². The van der Waals surface area contributed by atoms with E-state index in [9.17, 15) is 14.0 Å². The van der Waals surface area contributed by atoms with Gasteiger partial charge in [0.1, 0.15) is 11.9 Å². The number of carbonyl (C=O) groups is 2. The molecule has 0 spiro atoms. The quantitative estimate of drug-likeness (QED) is 0.778. The van der Waals surface area contributed by atoms with Crippen molar-refractivity contribution in [1.82, 2.24) is 9.55 Å². The Balaban J connectivity index is 1.60. The zero-order valence-electron chi connectivity index (χ0n) is 12.5. The number of nitrogens with zero attached hydrogens (tertiary/aromatic N) is 2. The first-order chi connectivity index (χ1) is 11.6. The Morgan fingerprint density at radius 1 is 1.21 bits per heavy atom. The lowest BCUT2D eigenvalue weighted by Gasteiger charge is -2.12. The summed E-state index contributed by atoms with van der Waals surface area (Å²) in [7, 11) is 0. The molecule has 0 fully saturated rings. The van der Waals surface area contributed by atoms with Gasteiger partial charge in [-0.25, -0.2) is 9.37 Å². The minimum Gasteiger partial charge on any atom is -0.324 e. The molecule has 0 saturated carbocycles. The average Bonchev–Trinajstić information content (AvgIpc) is 3.06. The third-order valence-corrected chi connectivity index (χ3v) is 3.97. The zero-order chi connectivity index (χ0) is 16.7. The summed E-state index contributed by atoms with van der Waals surface area (Å²) in [6, 6.07) is 12.6. The predicted molar refractivity (Wildman–Crippen MR) is 87.0 cm³/mol. The topological polar surface area (TPSA) is 76.0 Å². The molecule has 0 radical (unpaired) electrons. The molecule has 4 rings (SSSR count). The first kappa shape index (κ1) is 14.4. The Hall–Kier alpha value is -3.22. The van der Waals surface area contributed by atoms with Crippen molar-refractivity contribution in [2.75, 3.05) is 10.6 Å². The largest absolute Gasteiger partial charge is 0.324 e. The lowest BCUT2D eigenvalue weighted by atomic mass is 10.1. The van der Waals surface area contributed by atoms with Crippen molar-refractivity contribution in [3.05, 3.63) is 54.3 Å². The second-order valence-electron chi connectivity index (χ2n) is 5.53. The van der Waals surface area contributed by atoms with E-state index in [-0.39, 0.29) is 18.0 Å². The molecular weight excluding hydrogens is 311 g/mol. The maximum absolute atomic E-state index is 13.6. The number of halogens is 1. The van der Waals surface area contributed by atoms with Gasteiger partial charge < -0.3 is 5.32 Å². The molecule has 2 amide bonds. The Kier molecular flexibility index (Phi) is 3.26. The molecule has 120 valence electrons. The standard InChI is InChI=1S/C17H13FN4O2/c18-10-5-1-2-6-11(10)19-15(23)9-14-16(24)21-17-20-12-7-3-4-8-13(12)22(14)17/h1-8,14H,9H2,(H,19,23)(H,20,21,24). The highest BCUT2D eigenvalue weighted by molar-refractivity contribution is 6.03. The van der Waals surface area contributed by atoms with Crippen LogP contribution in [-0.4, -0.2) is 21.4 Å². The maximum atomic E-state index is 13.6. The predicted octanol–water partition coefficient (Wildman–Crippen LogP) is 2.70.